The van der Waals surface area contributed by atoms with E-state index in [1.54, 1.807) is 0 Å². The van der Waals surface area contributed by atoms with Gasteiger partial charge in [-0.3, -0.25) is 0 Å². The summed E-state index contributed by atoms with van der Waals surface area (Å²) in [5, 5.41) is 2.54. The van der Waals surface area contributed by atoms with Crippen molar-refractivity contribution in [2.24, 2.45) is 12.8 Å². The van der Waals surface area contributed by atoms with Gasteiger partial charge < -0.3 is 29.7 Å². The highest BCUT2D eigenvalue weighted by molar-refractivity contribution is 5.95. The zero-order chi connectivity index (χ0) is 16.9. The van der Waals surface area contributed by atoms with E-state index in [2.05, 4.69) is 92.2 Å². The molecule has 2 aromatic carbocycles. The van der Waals surface area contributed by atoms with Gasteiger partial charge in [-0.15, -0.1) is 0 Å². The Bertz CT molecular complexity index is 962. The van der Waals surface area contributed by atoms with Crippen molar-refractivity contribution in [3.63, 3.8) is 0 Å². The first-order chi connectivity index (χ1) is 11.5. The number of nitrogens with two attached hydrogens (primary N) is 1. The molecular formula is C22H23IN2. The zero-order valence-electron chi connectivity index (χ0n) is 14.8. The van der Waals surface area contributed by atoms with Gasteiger partial charge >= 0.3 is 0 Å². The van der Waals surface area contributed by atoms with Crippen molar-refractivity contribution >= 4 is 21.8 Å². The Morgan fingerprint density at radius 1 is 0.960 bits per heavy atom. The molecule has 2 nitrogen and oxygen atoms in total. The summed E-state index contributed by atoms with van der Waals surface area (Å²) in [6.45, 7) is 4.36. The molecule has 2 atom stereocenters. The second kappa shape index (κ2) is 6.54. The molecule has 3 aromatic rings. The van der Waals surface area contributed by atoms with Crippen LogP contribution in [0.3, 0.4) is 0 Å². The minimum absolute atomic E-state index is 0. The number of para-hydroxylation sites is 2. The first kappa shape index (κ1) is 18.1. The summed E-state index contributed by atoms with van der Waals surface area (Å²) < 4.78 is 2.27. The van der Waals surface area contributed by atoms with E-state index in [4.69, 9.17) is 5.73 Å². The van der Waals surface area contributed by atoms with Crippen LogP contribution < -0.4 is 34.3 Å². The Hall–Kier alpha value is -1.72. The summed E-state index contributed by atoms with van der Waals surface area (Å²) in [4.78, 5) is 0. The lowest BCUT2D eigenvalue weighted by Gasteiger charge is -2.35. The Balaban J connectivity index is 0.00000182. The van der Waals surface area contributed by atoms with E-state index in [1.807, 2.05) is 0 Å². The van der Waals surface area contributed by atoms with Crippen LogP contribution in [-0.4, -0.2) is 6.04 Å². The van der Waals surface area contributed by atoms with Crippen LogP contribution in [0.2, 0.25) is 0 Å². The second-order valence-electron chi connectivity index (χ2n) is 7.02. The molecule has 128 valence electrons. The van der Waals surface area contributed by atoms with Gasteiger partial charge in [0.05, 0.1) is 10.8 Å². The van der Waals surface area contributed by atoms with Gasteiger partial charge in [0, 0.05) is 23.6 Å². The molecule has 1 aromatic heterocycles. The predicted molar refractivity (Wildman–Crippen MR) is 101 cm³/mol. The van der Waals surface area contributed by atoms with Crippen LogP contribution in [0.1, 0.15) is 19.4 Å². The van der Waals surface area contributed by atoms with Crippen LogP contribution >= 0.6 is 0 Å². The standard InChI is InChI=1S/C22H23N2.HI/c1-15-12-13-22(2,20(23)14-15)21-16-8-4-6-10-18(16)24(3)19-11-7-5-9-17(19)21;/h4-14,20H,23H2,1-3H3;1H/q+1;/p-1. The number of benzene rings is 2. The number of hydrogen-bond donors (Lipinski definition) is 1. The van der Waals surface area contributed by atoms with E-state index in [0.717, 1.165) is 0 Å². The van der Waals surface area contributed by atoms with Gasteiger partial charge in [0.2, 0.25) is 11.0 Å². The van der Waals surface area contributed by atoms with Crippen molar-refractivity contribution in [3.05, 3.63) is 77.9 Å². The average molecular weight is 442 g/mol. The summed E-state index contributed by atoms with van der Waals surface area (Å²) >= 11 is 0. The molecule has 0 bridgehead atoms. The van der Waals surface area contributed by atoms with E-state index in [-0.39, 0.29) is 35.4 Å². The molecular weight excluding hydrogens is 419 g/mol. The molecule has 1 heterocycles. The number of nitrogens with zero attached hydrogens (tertiary/aromatic N) is 1. The van der Waals surface area contributed by atoms with E-state index >= 15 is 0 Å². The van der Waals surface area contributed by atoms with Crippen LogP contribution in [0.4, 0.5) is 0 Å². The molecule has 2 N–H and O–H groups in total. The zero-order valence-corrected chi connectivity index (χ0v) is 17.0. The molecule has 0 saturated heterocycles. The van der Waals surface area contributed by atoms with Crippen LogP contribution in [-0.2, 0) is 12.5 Å². The third-order valence-corrected chi connectivity index (χ3v) is 5.44. The van der Waals surface area contributed by atoms with Crippen molar-refractivity contribution in [3.8, 4) is 0 Å². The van der Waals surface area contributed by atoms with Gasteiger partial charge in [-0.05, 0) is 24.6 Å². The van der Waals surface area contributed by atoms with Gasteiger partial charge in [0.15, 0.2) is 0 Å². The van der Waals surface area contributed by atoms with E-state index in [1.165, 1.54) is 32.9 Å². The van der Waals surface area contributed by atoms with Crippen LogP contribution in [0.5, 0.6) is 0 Å². The number of fused-ring (bicyclic) bond motifs is 2. The van der Waals surface area contributed by atoms with E-state index in [9.17, 15) is 0 Å². The molecule has 0 amide bonds. The van der Waals surface area contributed by atoms with E-state index in [0.29, 0.717) is 0 Å². The second-order valence-corrected chi connectivity index (χ2v) is 7.02. The fraction of sp³-hybridized carbons (Fsp3) is 0.227. The van der Waals surface area contributed by atoms with Crippen LogP contribution in [0.25, 0.3) is 21.8 Å². The van der Waals surface area contributed by atoms with Crippen molar-refractivity contribution in [2.45, 2.75) is 25.3 Å². The third kappa shape index (κ3) is 2.70. The maximum Gasteiger partial charge on any atom is 0.213 e. The third-order valence-electron chi connectivity index (χ3n) is 5.44. The minimum Gasteiger partial charge on any atom is -1.00 e. The number of pyridine rings is 1. The average Bonchev–Trinajstić information content (AvgIpc) is 2.59. The summed E-state index contributed by atoms with van der Waals surface area (Å²) in [5.41, 5.74) is 11.4. The SMILES string of the molecule is CC1=CC(N)C(C)(c2c3ccccc3[n+](C)c3ccccc23)C=C1.[I-]. The van der Waals surface area contributed by atoms with Crippen molar-refractivity contribution < 1.29 is 28.5 Å². The molecule has 0 saturated carbocycles. The van der Waals surface area contributed by atoms with Gasteiger partial charge in [-0.1, -0.05) is 55.0 Å². The van der Waals surface area contributed by atoms with Gasteiger partial charge in [0.25, 0.3) is 0 Å². The molecule has 0 radical (unpaired) electrons. The Kier molecular flexibility index (Phi) is 4.73. The number of aryl methyl sites for hydroxylation is 1. The minimum atomic E-state index is -0.229. The highest BCUT2D eigenvalue weighted by Gasteiger charge is 2.36. The van der Waals surface area contributed by atoms with Gasteiger partial charge in [-0.2, -0.15) is 4.57 Å². The highest BCUT2D eigenvalue weighted by Crippen LogP contribution is 2.40. The summed E-state index contributed by atoms with van der Waals surface area (Å²) in [5.74, 6) is 0. The Morgan fingerprint density at radius 3 is 2.00 bits per heavy atom. The van der Waals surface area contributed by atoms with Crippen molar-refractivity contribution in [1.29, 1.82) is 0 Å². The first-order valence-corrected chi connectivity index (χ1v) is 8.45. The number of halogens is 1. The first-order valence-electron chi connectivity index (χ1n) is 8.45. The van der Waals surface area contributed by atoms with E-state index < -0.39 is 0 Å². The Morgan fingerprint density at radius 2 is 1.48 bits per heavy atom. The summed E-state index contributed by atoms with van der Waals surface area (Å²) in [6.07, 6.45) is 6.65. The Labute approximate surface area is 166 Å². The molecule has 0 aliphatic heterocycles. The monoisotopic (exact) mass is 442 g/mol. The number of aromatic nitrogens is 1. The summed E-state index contributed by atoms with van der Waals surface area (Å²) in [7, 11) is 2.14. The lowest BCUT2D eigenvalue weighted by atomic mass is 9.70. The number of hydrogen-bond acceptors (Lipinski definition) is 1. The van der Waals surface area contributed by atoms with Gasteiger partial charge in [-0.25, -0.2) is 0 Å². The smallest absolute Gasteiger partial charge is 0.213 e. The van der Waals surface area contributed by atoms with Crippen molar-refractivity contribution in [1.82, 2.24) is 0 Å². The molecule has 0 fully saturated rings. The molecule has 2 unspecified atom stereocenters. The number of rotatable bonds is 1. The normalized spacial score (nSPS) is 22.7. The molecule has 25 heavy (non-hydrogen) atoms. The summed E-state index contributed by atoms with van der Waals surface area (Å²) in [6, 6.07) is 17.2. The topological polar surface area (TPSA) is 29.9 Å². The maximum absolute atomic E-state index is 6.62. The fourth-order valence-electron chi connectivity index (χ4n) is 3.99. The lowest BCUT2D eigenvalue weighted by Crippen LogP contribution is -3.00. The van der Waals surface area contributed by atoms with Crippen LogP contribution in [0.15, 0.2) is 72.3 Å². The lowest BCUT2D eigenvalue weighted by molar-refractivity contribution is -0.617. The van der Waals surface area contributed by atoms with Crippen LogP contribution in [0, 0.1) is 0 Å². The number of allylic oxidation sites excluding steroid dienone is 2. The maximum atomic E-state index is 6.62. The molecule has 0 spiro atoms. The highest BCUT2D eigenvalue weighted by atomic mass is 127. The fourth-order valence-corrected chi connectivity index (χ4v) is 3.99. The molecule has 1 aliphatic carbocycles. The molecule has 4 rings (SSSR count). The molecule has 3 heteroatoms. The van der Waals surface area contributed by atoms with Gasteiger partial charge in [0.1, 0.15) is 7.05 Å². The largest absolute Gasteiger partial charge is 1.00 e. The molecule has 1 aliphatic rings. The predicted octanol–water partition coefficient (Wildman–Crippen LogP) is 0.923. The van der Waals surface area contributed by atoms with Crippen molar-refractivity contribution in [2.75, 3.05) is 0 Å². The quantitative estimate of drug-likeness (QED) is 0.339.